The van der Waals surface area contributed by atoms with Crippen molar-refractivity contribution in [2.24, 2.45) is 5.92 Å². The number of aromatic nitrogens is 4. The van der Waals surface area contributed by atoms with Crippen LogP contribution in [0.2, 0.25) is 0 Å². The van der Waals surface area contributed by atoms with Gasteiger partial charge in [0.1, 0.15) is 11.6 Å². The number of nitrogens with zero attached hydrogens (tertiary/aromatic N) is 4. The normalized spacial score (nSPS) is 24.7. The van der Waals surface area contributed by atoms with Crippen molar-refractivity contribution in [3.63, 3.8) is 0 Å². The van der Waals surface area contributed by atoms with Crippen molar-refractivity contribution in [1.29, 1.82) is 0 Å². The molecule has 31 heavy (non-hydrogen) atoms. The summed E-state index contributed by atoms with van der Waals surface area (Å²) in [4.78, 5) is 11.7. The van der Waals surface area contributed by atoms with Gasteiger partial charge >= 0.3 is 0 Å². The Morgan fingerprint density at radius 2 is 2.03 bits per heavy atom. The third kappa shape index (κ3) is 3.76. The Bertz CT molecular complexity index is 1110. The lowest BCUT2D eigenvalue weighted by molar-refractivity contribution is 0.146. The van der Waals surface area contributed by atoms with Gasteiger partial charge in [0.25, 0.3) is 0 Å². The quantitative estimate of drug-likeness (QED) is 0.565. The Balaban J connectivity index is 1.32. The van der Waals surface area contributed by atoms with E-state index >= 15 is 0 Å². The highest BCUT2D eigenvalue weighted by molar-refractivity contribution is 5.56. The number of aliphatic hydroxyl groups excluding tert-OH is 1. The van der Waals surface area contributed by atoms with Crippen molar-refractivity contribution in [2.75, 3.05) is 16.8 Å². The van der Waals surface area contributed by atoms with Crippen LogP contribution in [-0.4, -0.2) is 44.0 Å². The molecule has 0 radical (unpaired) electrons. The Hall–Kier alpha value is -3.00. The number of rotatable bonds is 6. The predicted octanol–water partition coefficient (Wildman–Crippen LogP) is 3.51. The maximum Gasteiger partial charge on any atom is 0.227 e. The Kier molecular flexibility index (Phi) is 4.41. The average Bonchev–Trinajstić information content (AvgIpc) is 3.17. The van der Waals surface area contributed by atoms with Crippen LogP contribution in [0.1, 0.15) is 48.6 Å². The maximum atomic E-state index is 13.7. The second kappa shape index (κ2) is 7.30. The predicted molar refractivity (Wildman–Crippen MR) is 115 cm³/mol. The molecule has 2 saturated carbocycles. The molecule has 3 fully saturated rings. The van der Waals surface area contributed by atoms with Crippen LogP contribution >= 0.6 is 0 Å². The maximum absolute atomic E-state index is 13.7. The molecule has 2 unspecified atom stereocenters. The zero-order valence-electron chi connectivity index (χ0n) is 17.1. The smallest absolute Gasteiger partial charge is 0.227 e. The SMILES string of the molecule is OC1C[C@@H]2CC1N(c1nc(Cc3cccc(F)c3)cc(Nc3cc(C4CC4)[nH]n3)n1)C2. The monoisotopic (exact) mass is 420 g/mol. The number of fused-ring (bicyclic) bond motifs is 2. The van der Waals surface area contributed by atoms with E-state index in [0.29, 0.717) is 30.0 Å². The molecule has 8 heteroatoms. The van der Waals surface area contributed by atoms with Crippen LogP contribution in [0.5, 0.6) is 0 Å². The number of hydrogen-bond acceptors (Lipinski definition) is 6. The van der Waals surface area contributed by atoms with Crippen molar-refractivity contribution < 1.29 is 9.50 Å². The number of anilines is 3. The van der Waals surface area contributed by atoms with Crippen molar-refractivity contribution in [2.45, 2.75) is 50.2 Å². The van der Waals surface area contributed by atoms with Crippen molar-refractivity contribution in [3.8, 4) is 0 Å². The van der Waals surface area contributed by atoms with Crippen LogP contribution in [-0.2, 0) is 6.42 Å². The first-order valence-corrected chi connectivity index (χ1v) is 11.0. The largest absolute Gasteiger partial charge is 0.391 e. The van der Waals surface area contributed by atoms with E-state index in [1.165, 1.54) is 25.0 Å². The zero-order chi connectivity index (χ0) is 20.9. The fourth-order valence-electron chi connectivity index (χ4n) is 4.98. The molecule has 160 valence electrons. The van der Waals surface area contributed by atoms with Crippen molar-refractivity contribution in [1.82, 2.24) is 20.2 Å². The van der Waals surface area contributed by atoms with Gasteiger partial charge in [0.2, 0.25) is 5.95 Å². The summed E-state index contributed by atoms with van der Waals surface area (Å²) in [6.07, 6.45) is 4.41. The van der Waals surface area contributed by atoms with Gasteiger partial charge in [-0.25, -0.2) is 9.37 Å². The van der Waals surface area contributed by atoms with Crippen molar-refractivity contribution in [3.05, 3.63) is 59.2 Å². The van der Waals surface area contributed by atoms with Crippen molar-refractivity contribution >= 4 is 17.6 Å². The fourth-order valence-corrected chi connectivity index (χ4v) is 4.98. The van der Waals surface area contributed by atoms with Crippen LogP contribution in [0.15, 0.2) is 36.4 Å². The third-order valence-corrected chi connectivity index (χ3v) is 6.62. The summed E-state index contributed by atoms with van der Waals surface area (Å²) in [5.74, 6) is 2.82. The number of aliphatic hydroxyl groups is 1. The standard InChI is InChI=1S/C23H25FN6O/c24-16-3-1-2-13(6-16)7-17-10-21(26-22-11-18(28-29-22)15-4-5-15)27-23(25-17)30-12-14-8-19(30)20(31)9-14/h1-3,6,10-11,14-15,19-20,31H,4-5,7-9,12H2,(H2,25,26,27,28,29)/t14-,19?,20?/m0/s1. The molecule has 1 aliphatic heterocycles. The summed E-state index contributed by atoms with van der Waals surface area (Å²) in [6.45, 7) is 0.860. The second-order valence-corrected chi connectivity index (χ2v) is 9.08. The number of halogens is 1. The number of piperidine rings is 1. The van der Waals surface area contributed by atoms with Gasteiger partial charge in [0.05, 0.1) is 17.8 Å². The number of H-pyrrole nitrogens is 1. The molecule has 0 amide bonds. The highest BCUT2D eigenvalue weighted by Crippen LogP contribution is 2.41. The van der Waals surface area contributed by atoms with Crippen LogP contribution < -0.4 is 10.2 Å². The topological polar surface area (TPSA) is 90.0 Å². The van der Waals surface area contributed by atoms with Gasteiger partial charge in [-0.3, -0.25) is 5.10 Å². The van der Waals surface area contributed by atoms with E-state index in [0.717, 1.165) is 42.2 Å². The molecular formula is C23H25FN6O. The van der Waals surface area contributed by atoms with Gasteiger partial charge in [-0.05, 0) is 49.3 Å². The number of aromatic amines is 1. The lowest BCUT2D eigenvalue weighted by Crippen LogP contribution is -2.42. The molecule has 3 atom stereocenters. The summed E-state index contributed by atoms with van der Waals surface area (Å²) >= 11 is 0. The summed E-state index contributed by atoms with van der Waals surface area (Å²) in [5, 5.41) is 21.2. The van der Waals surface area contributed by atoms with Gasteiger partial charge in [0.15, 0.2) is 5.82 Å². The third-order valence-electron chi connectivity index (χ3n) is 6.62. The second-order valence-electron chi connectivity index (χ2n) is 9.08. The Morgan fingerprint density at radius 1 is 1.13 bits per heavy atom. The average molecular weight is 420 g/mol. The van der Waals surface area contributed by atoms with Gasteiger partial charge in [-0.2, -0.15) is 10.1 Å². The van der Waals surface area contributed by atoms with E-state index in [9.17, 15) is 9.50 Å². The van der Waals surface area contributed by atoms with Crippen LogP contribution in [0.4, 0.5) is 22.0 Å². The number of nitrogens with one attached hydrogen (secondary N) is 2. The van der Waals surface area contributed by atoms with E-state index in [-0.39, 0.29) is 18.0 Å². The molecule has 3 N–H and O–H groups in total. The summed E-state index contributed by atoms with van der Waals surface area (Å²) in [5.41, 5.74) is 2.81. The number of benzene rings is 1. The fraction of sp³-hybridized carbons (Fsp3) is 0.435. The molecule has 2 aromatic heterocycles. The molecule has 7 nitrogen and oxygen atoms in total. The summed E-state index contributed by atoms with van der Waals surface area (Å²) < 4.78 is 13.7. The Labute approximate surface area is 179 Å². The van der Waals surface area contributed by atoms with Gasteiger partial charge < -0.3 is 15.3 Å². The molecule has 1 aromatic carbocycles. The molecular weight excluding hydrogens is 395 g/mol. The lowest BCUT2D eigenvalue weighted by atomic mass is 10.1. The van der Waals surface area contributed by atoms with E-state index < -0.39 is 0 Å². The van der Waals surface area contributed by atoms with Gasteiger partial charge in [-0.15, -0.1) is 0 Å². The van der Waals surface area contributed by atoms with E-state index in [1.807, 2.05) is 18.2 Å². The molecule has 6 rings (SSSR count). The van der Waals surface area contributed by atoms with E-state index in [4.69, 9.17) is 9.97 Å². The summed E-state index contributed by atoms with van der Waals surface area (Å²) in [7, 11) is 0. The first-order valence-electron chi connectivity index (χ1n) is 11.0. The van der Waals surface area contributed by atoms with Crippen LogP contribution in [0.3, 0.4) is 0 Å². The molecule has 3 aliphatic rings. The molecule has 2 aliphatic carbocycles. The first-order chi connectivity index (χ1) is 15.1. The molecule has 0 spiro atoms. The Morgan fingerprint density at radius 3 is 2.81 bits per heavy atom. The van der Waals surface area contributed by atoms with Gasteiger partial charge in [0, 0.05) is 36.7 Å². The van der Waals surface area contributed by atoms with Crippen LogP contribution in [0, 0.1) is 11.7 Å². The van der Waals surface area contributed by atoms with E-state index in [2.05, 4.69) is 20.4 Å². The van der Waals surface area contributed by atoms with E-state index in [1.54, 1.807) is 6.07 Å². The van der Waals surface area contributed by atoms with Gasteiger partial charge in [-0.1, -0.05) is 12.1 Å². The molecule has 3 heterocycles. The molecule has 2 bridgehead atoms. The summed E-state index contributed by atoms with van der Waals surface area (Å²) in [6, 6.07) is 10.6. The molecule has 3 aromatic rings. The lowest BCUT2D eigenvalue weighted by Gasteiger charge is -2.31. The van der Waals surface area contributed by atoms with Crippen LogP contribution in [0.25, 0.3) is 0 Å². The minimum atomic E-state index is -0.335. The number of hydrogen-bond donors (Lipinski definition) is 3. The first kappa shape index (κ1) is 18.7. The minimum absolute atomic E-state index is 0.0640. The minimum Gasteiger partial charge on any atom is -0.391 e. The zero-order valence-corrected chi connectivity index (χ0v) is 17.1. The highest BCUT2D eigenvalue weighted by atomic mass is 19.1. The molecule has 1 saturated heterocycles. The highest BCUT2D eigenvalue weighted by Gasteiger charge is 2.45.